The largest absolute Gasteiger partial charge is 0.491 e. The Kier molecular flexibility index (Phi) is 8.52. The fourth-order valence-electron chi connectivity index (χ4n) is 2.49. The van der Waals surface area contributed by atoms with Gasteiger partial charge >= 0.3 is 0 Å². The van der Waals surface area contributed by atoms with E-state index in [9.17, 15) is 4.39 Å². The molecule has 1 aliphatic rings. The van der Waals surface area contributed by atoms with Crippen LogP contribution in [0.25, 0.3) is 0 Å². The summed E-state index contributed by atoms with van der Waals surface area (Å²) in [7, 11) is 0. The molecule has 0 atom stereocenters. The number of guanidine groups is 1. The summed E-state index contributed by atoms with van der Waals surface area (Å²) in [5, 5.41) is 0. The first-order valence-corrected chi connectivity index (χ1v) is 7.67. The average Bonchev–Trinajstić information content (AvgIpc) is 2.76. The molecular weight excluding hydrogens is 396 g/mol. The zero-order valence-corrected chi connectivity index (χ0v) is 15.4. The minimum absolute atomic E-state index is 0. The minimum atomic E-state index is -0.349. The minimum Gasteiger partial charge on any atom is -0.491 e. The second-order valence-electron chi connectivity index (χ2n) is 5.27. The molecule has 1 saturated heterocycles. The summed E-state index contributed by atoms with van der Waals surface area (Å²) in [6, 6.07) is 4.93. The molecule has 0 amide bonds. The van der Waals surface area contributed by atoms with Gasteiger partial charge in [0.25, 0.3) is 0 Å². The maximum absolute atomic E-state index is 13.8. The van der Waals surface area contributed by atoms with Gasteiger partial charge in [-0.15, -0.1) is 24.0 Å². The van der Waals surface area contributed by atoms with E-state index in [2.05, 4.69) is 9.89 Å². The number of ether oxygens (including phenoxy) is 1. The normalized spacial score (nSPS) is 15.9. The molecule has 0 saturated carbocycles. The molecule has 0 radical (unpaired) electrons. The molecule has 124 valence electrons. The van der Waals surface area contributed by atoms with Gasteiger partial charge in [0.1, 0.15) is 0 Å². The Morgan fingerprint density at radius 2 is 1.95 bits per heavy atom. The number of likely N-dealkylation sites (tertiary alicyclic amines) is 1. The van der Waals surface area contributed by atoms with E-state index in [0.717, 1.165) is 31.5 Å². The Morgan fingerprint density at radius 3 is 2.55 bits per heavy atom. The van der Waals surface area contributed by atoms with E-state index in [1.54, 1.807) is 6.07 Å². The summed E-state index contributed by atoms with van der Waals surface area (Å²) < 4.78 is 18.9. The summed E-state index contributed by atoms with van der Waals surface area (Å²) in [5.74, 6) is 0.495. The number of rotatable bonds is 4. The standard InChI is InChI=1S/C16H24FN3O.HI/c1-2-21-15-8-7-13(11-14(15)17)12-19-16(18)20-9-5-3-4-6-10-20;/h7-8,11H,2-6,9-10,12H2,1H3,(H2,18,19);1H. The van der Waals surface area contributed by atoms with Crippen LogP contribution < -0.4 is 10.5 Å². The van der Waals surface area contributed by atoms with Gasteiger partial charge in [-0.05, 0) is 37.5 Å². The lowest BCUT2D eigenvalue weighted by molar-refractivity contribution is 0.321. The van der Waals surface area contributed by atoms with Gasteiger partial charge in [0.05, 0.1) is 13.2 Å². The van der Waals surface area contributed by atoms with Gasteiger partial charge in [0, 0.05) is 13.1 Å². The topological polar surface area (TPSA) is 50.9 Å². The average molecular weight is 421 g/mol. The lowest BCUT2D eigenvalue weighted by Crippen LogP contribution is -2.38. The highest BCUT2D eigenvalue weighted by molar-refractivity contribution is 14.0. The molecular formula is C16H25FIN3O. The van der Waals surface area contributed by atoms with E-state index in [1.165, 1.54) is 18.9 Å². The van der Waals surface area contributed by atoms with Crippen LogP contribution in [-0.4, -0.2) is 30.6 Å². The molecule has 0 spiro atoms. The van der Waals surface area contributed by atoms with Crippen molar-refractivity contribution in [2.45, 2.75) is 39.2 Å². The molecule has 0 bridgehead atoms. The first kappa shape index (κ1) is 19.0. The Morgan fingerprint density at radius 1 is 1.27 bits per heavy atom. The van der Waals surface area contributed by atoms with Crippen molar-refractivity contribution in [2.75, 3.05) is 19.7 Å². The van der Waals surface area contributed by atoms with Crippen LogP contribution in [-0.2, 0) is 6.54 Å². The third-order valence-electron chi connectivity index (χ3n) is 3.65. The van der Waals surface area contributed by atoms with Crippen LogP contribution in [0.15, 0.2) is 23.2 Å². The van der Waals surface area contributed by atoms with Crippen molar-refractivity contribution in [3.05, 3.63) is 29.6 Å². The van der Waals surface area contributed by atoms with Crippen molar-refractivity contribution >= 4 is 29.9 Å². The smallest absolute Gasteiger partial charge is 0.191 e. The second-order valence-corrected chi connectivity index (χ2v) is 5.27. The SMILES string of the molecule is CCOc1ccc(CN=C(N)N2CCCCCC2)cc1F.I. The first-order valence-electron chi connectivity index (χ1n) is 7.67. The van der Waals surface area contributed by atoms with Crippen LogP contribution in [0, 0.1) is 5.82 Å². The third kappa shape index (κ3) is 5.62. The first-order chi connectivity index (χ1) is 10.2. The molecule has 2 rings (SSSR count). The van der Waals surface area contributed by atoms with E-state index in [-0.39, 0.29) is 35.5 Å². The molecule has 2 N–H and O–H groups in total. The van der Waals surface area contributed by atoms with Crippen molar-refractivity contribution in [1.82, 2.24) is 4.90 Å². The maximum atomic E-state index is 13.8. The number of halogens is 2. The number of benzene rings is 1. The molecule has 1 aromatic carbocycles. The Balaban J connectivity index is 0.00000242. The van der Waals surface area contributed by atoms with Gasteiger partial charge in [0.15, 0.2) is 17.5 Å². The highest BCUT2D eigenvalue weighted by atomic mass is 127. The summed E-state index contributed by atoms with van der Waals surface area (Å²) in [5.41, 5.74) is 6.84. The van der Waals surface area contributed by atoms with E-state index in [4.69, 9.17) is 10.5 Å². The van der Waals surface area contributed by atoms with Gasteiger partial charge in [0.2, 0.25) is 0 Å². The molecule has 1 aromatic rings. The molecule has 0 aliphatic carbocycles. The number of nitrogens with two attached hydrogens (primary N) is 1. The van der Waals surface area contributed by atoms with Crippen molar-refractivity contribution in [1.29, 1.82) is 0 Å². The number of aliphatic imine (C=N–C) groups is 1. The van der Waals surface area contributed by atoms with E-state index in [0.29, 0.717) is 19.1 Å². The zero-order chi connectivity index (χ0) is 15.1. The molecule has 0 unspecified atom stereocenters. The molecule has 4 nitrogen and oxygen atoms in total. The van der Waals surface area contributed by atoms with Crippen molar-refractivity contribution in [3.8, 4) is 5.75 Å². The van der Waals surface area contributed by atoms with Crippen molar-refractivity contribution in [3.63, 3.8) is 0 Å². The van der Waals surface area contributed by atoms with Crippen molar-refractivity contribution < 1.29 is 9.13 Å². The predicted octanol–water partition coefficient (Wildman–Crippen LogP) is 3.53. The fraction of sp³-hybridized carbons (Fsp3) is 0.562. The number of hydrogen-bond acceptors (Lipinski definition) is 2. The van der Waals surface area contributed by atoms with E-state index < -0.39 is 0 Å². The Bertz CT molecular complexity index is 488. The molecule has 22 heavy (non-hydrogen) atoms. The van der Waals surface area contributed by atoms with E-state index in [1.807, 2.05) is 13.0 Å². The third-order valence-corrected chi connectivity index (χ3v) is 3.65. The Hall–Kier alpha value is -1.05. The van der Waals surface area contributed by atoms with Gasteiger partial charge in [-0.3, -0.25) is 0 Å². The summed E-state index contributed by atoms with van der Waals surface area (Å²) >= 11 is 0. The lowest BCUT2D eigenvalue weighted by Gasteiger charge is -2.21. The van der Waals surface area contributed by atoms with Gasteiger partial charge < -0.3 is 15.4 Å². The monoisotopic (exact) mass is 421 g/mol. The zero-order valence-electron chi connectivity index (χ0n) is 13.1. The number of hydrogen-bond donors (Lipinski definition) is 1. The lowest BCUT2D eigenvalue weighted by atomic mass is 10.2. The van der Waals surface area contributed by atoms with Crippen molar-refractivity contribution in [2.24, 2.45) is 10.7 Å². The summed E-state index contributed by atoms with van der Waals surface area (Å²) in [6.07, 6.45) is 4.84. The highest BCUT2D eigenvalue weighted by Crippen LogP contribution is 2.19. The van der Waals surface area contributed by atoms with Gasteiger partial charge in [-0.25, -0.2) is 9.38 Å². The highest BCUT2D eigenvalue weighted by Gasteiger charge is 2.11. The summed E-state index contributed by atoms with van der Waals surface area (Å²) in [4.78, 5) is 6.51. The van der Waals surface area contributed by atoms with E-state index >= 15 is 0 Å². The van der Waals surface area contributed by atoms with Gasteiger partial charge in [-0.2, -0.15) is 0 Å². The number of nitrogens with zero attached hydrogens (tertiary/aromatic N) is 2. The second kappa shape index (κ2) is 9.86. The van der Waals surface area contributed by atoms with Crippen LogP contribution in [0.5, 0.6) is 5.75 Å². The van der Waals surface area contributed by atoms with Crippen LogP contribution in [0.2, 0.25) is 0 Å². The molecule has 0 aromatic heterocycles. The van der Waals surface area contributed by atoms with Crippen LogP contribution in [0.3, 0.4) is 0 Å². The molecule has 6 heteroatoms. The summed E-state index contributed by atoms with van der Waals surface area (Å²) in [6.45, 7) is 4.61. The molecule has 1 aliphatic heterocycles. The molecule has 1 heterocycles. The molecule has 1 fully saturated rings. The van der Waals surface area contributed by atoms with Crippen LogP contribution >= 0.6 is 24.0 Å². The van der Waals surface area contributed by atoms with Crippen LogP contribution in [0.4, 0.5) is 4.39 Å². The quantitative estimate of drug-likeness (QED) is 0.460. The maximum Gasteiger partial charge on any atom is 0.191 e. The van der Waals surface area contributed by atoms with Crippen LogP contribution in [0.1, 0.15) is 38.2 Å². The predicted molar refractivity (Wildman–Crippen MR) is 98.4 cm³/mol. The fourth-order valence-corrected chi connectivity index (χ4v) is 2.49. The van der Waals surface area contributed by atoms with Gasteiger partial charge in [-0.1, -0.05) is 18.9 Å². The Labute approximate surface area is 148 Å².